The topological polar surface area (TPSA) is 83.5 Å². The second kappa shape index (κ2) is 6.23. The maximum atomic E-state index is 9.09. The largest absolute Gasteiger partial charge is 0.351 e. The van der Waals surface area contributed by atoms with E-state index in [-0.39, 0.29) is 11.2 Å². The van der Waals surface area contributed by atoms with Gasteiger partial charge in [-0.1, -0.05) is 19.9 Å². The lowest BCUT2D eigenvalue weighted by Gasteiger charge is -2.30. The number of hydrogen-bond acceptors (Lipinski definition) is 6. The minimum absolute atomic E-state index is 0.00949. The minimum Gasteiger partial charge on any atom is -0.351 e. The van der Waals surface area contributed by atoms with Gasteiger partial charge in [0.25, 0.3) is 0 Å². The zero-order valence-electron chi connectivity index (χ0n) is 14.8. The Morgan fingerprint density at radius 1 is 1.12 bits per heavy atom. The van der Waals surface area contributed by atoms with E-state index in [4.69, 9.17) is 5.26 Å². The lowest BCUT2D eigenvalue weighted by Crippen LogP contribution is -2.33. The predicted octanol–water partition coefficient (Wildman–Crippen LogP) is 2.52. The number of nitrogens with zero attached hydrogens (tertiary/aromatic N) is 7. The van der Waals surface area contributed by atoms with Gasteiger partial charge < -0.3 is 4.90 Å². The SMILES string of the molecule is CC1(C)Cc2c(cnn2-c2ccccn2)CN(c2ccnc(C#N)n2)C1. The van der Waals surface area contributed by atoms with Crippen molar-refractivity contribution >= 4 is 5.82 Å². The molecule has 26 heavy (non-hydrogen) atoms. The fourth-order valence-electron chi connectivity index (χ4n) is 3.43. The molecule has 4 rings (SSSR count). The molecule has 3 aromatic heterocycles. The second-order valence-electron chi connectivity index (χ2n) is 7.26. The maximum Gasteiger partial charge on any atom is 0.234 e. The molecule has 0 N–H and O–H groups in total. The van der Waals surface area contributed by atoms with Crippen LogP contribution >= 0.6 is 0 Å². The number of fused-ring (bicyclic) bond motifs is 1. The zero-order valence-corrected chi connectivity index (χ0v) is 14.8. The van der Waals surface area contributed by atoms with Crippen LogP contribution in [0.15, 0.2) is 42.9 Å². The van der Waals surface area contributed by atoms with Crippen LogP contribution in [-0.4, -0.2) is 31.3 Å². The van der Waals surface area contributed by atoms with Gasteiger partial charge in [-0.05, 0) is 30.0 Å². The molecule has 130 valence electrons. The van der Waals surface area contributed by atoms with Crippen molar-refractivity contribution in [1.29, 1.82) is 5.26 Å². The summed E-state index contributed by atoms with van der Waals surface area (Å²) in [5.74, 6) is 1.78. The zero-order chi connectivity index (χ0) is 18.1. The Labute approximate surface area is 152 Å². The molecule has 7 heteroatoms. The lowest BCUT2D eigenvalue weighted by molar-refractivity contribution is 0.363. The number of pyridine rings is 1. The minimum atomic E-state index is 0.00949. The molecule has 1 aliphatic heterocycles. The average Bonchev–Trinajstić information content (AvgIpc) is 2.97. The molecule has 4 heterocycles. The monoisotopic (exact) mass is 345 g/mol. The molecule has 1 aliphatic rings. The Hall–Kier alpha value is -3.27. The number of anilines is 1. The normalized spacial score (nSPS) is 15.8. The first-order valence-corrected chi connectivity index (χ1v) is 8.51. The van der Waals surface area contributed by atoms with Crippen LogP contribution in [0.25, 0.3) is 5.82 Å². The summed E-state index contributed by atoms with van der Waals surface area (Å²) in [6, 6.07) is 9.70. The summed E-state index contributed by atoms with van der Waals surface area (Å²) in [6.45, 7) is 5.98. The Morgan fingerprint density at radius 3 is 2.77 bits per heavy atom. The summed E-state index contributed by atoms with van der Waals surface area (Å²) in [5.41, 5.74) is 2.33. The third-order valence-corrected chi connectivity index (χ3v) is 4.51. The molecular weight excluding hydrogens is 326 g/mol. The van der Waals surface area contributed by atoms with E-state index in [0.717, 1.165) is 30.2 Å². The van der Waals surface area contributed by atoms with Gasteiger partial charge in [-0.15, -0.1) is 0 Å². The summed E-state index contributed by atoms with van der Waals surface area (Å²) in [7, 11) is 0. The third kappa shape index (κ3) is 3.02. The fourth-order valence-corrected chi connectivity index (χ4v) is 3.43. The van der Waals surface area contributed by atoms with Crippen LogP contribution in [0.2, 0.25) is 0 Å². The van der Waals surface area contributed by atoms with Crippen LogP contribution in [0.5, 0.6) is 0 Å². The molecule has 0 aliphatic carbocycles. The Morgan fingerprint density at radius 2 is 2.00 bits per heavy atom. The standard InChI is InChI=1S/C19H19N7/c1-19(2)9-15-14(11-23-26(15)17-5-3-4-7-22-17)12-25(13-19)18-6-8-21-16(10-20)24-18/h3-8,11H,9,12-13H2,1-2H3. The molecule has 0 aromatic carbocycles. The molecule has 7 nitrogen and oxygen atoms in total. The van der Waals surface area contributed by atoms with E-state index in [1.54, 1.807) is 12.4 Å². The van der Waals surface area contributed by atoms with Crippen molar-refractivity contribution in [2.75, 3.05) is 11.4 Å². The summed E-state index contributed by atoms with van der Waals surface area (Å²) in [4.78, 5) is 15.0. The van der Waals surface area contributed by atoms with Gasteiger partial charge in [-0.25, -0.2) is 19.6 Å². The van der Waals surface area contributed by atoms with Crippen molar-refractivity contribution in [3.05, 3.63) is 59.9 Å². The van der Waals surface area contributed by atoms with Crippen molar-refractivity contribution in [2.45, 2.75) is 26.8 Å². The van der Waals surface area contributed by atoms with Gasteiger partial charge >= 0.3 is 0 Å². The number of rotatable bonds is 2. The summed E-state index contributed by atoms with van der Waals surface area (Å²) < 4.78 is 1.93. The molecule has 0 unspecified atom stereocenters. The Kier molecular flexibility index (Phi) is 3.88. The van der Waals surface area contributed by atoms with Crippen LogP contribution in [0.1, 0.15) is 30.9 Å². The van der Waals surface area contributed by atoms with Crippen molar-refractivity contribution in [2.24, 2.45) is 5.41 Å². The van der Waals surface area contributed by atoms with Crippen molar-refractivity contribution < 1.29 is 0 Å². The van der Waals surface area contributed by atoms with Gasteiger partial charge in [-0.3, -0.25) is 0 Å². The van der Waals surface area contributed by atoms with E-state index in [2.05, 4.69) is 38.8 Å². The first-order chi connectivity index (χ1) is 12.6. The lowest BCUT2D eigenvalue weighted by atomic mass is 9.87. The maximum absolute atomic E-state index is 9.09. The van der Waals surface area contributed by atoms with Crippen molar-refractivity contribution in [3.63, 3.8) is 0 Å². The van der Waals surface area contributed by atoms with Gasteiger partial charge in [0.15, 0.2) is 5.82 Å². The smallest absolute Gasteiger partial charge is 0.234 e. The van der Waals surface area contributed by atoms with Crippen LogP contribution in [0.3, 0.4) is 0 Å². The molecule has 0 spiro atoms. The Bertz CT molecular complexity index is 969. The molecule has 0 fully saturated rings. The van der Waals surface area contributed by atoms with Crippen LogP contribution < -0.4 is 4.90 Å². The van der Waals surface area contributed by atoms with Gasteiger partial charge in [0.05, 0.1) is 11.9 Å². The van der Waals surface area contributed by atoms with E-state index in [9.17, 15) is 0 Å². The molecule has 0 atom stereocenters. The fraction of sp³-hybridized carbons (Fsp3) is 0.316. The van der Waals surface area contributed by atoms with Crippen molar-refractivity contribution in [1.82, 2.24) is 24.7 Å². The molecule has 0 bridgehead atoms. The van der Waals surface area contributed by atoms with Gasteiger partial charge in [0, 0.05) is 31.0 Å². The van der Waals surface area contributed by atoms with Crippen LogP contribution in [0, 0.1) is 16.7 Å². The first kappa shape index (κ1) is 16.2. The third-order valence-electron chi connectivity index (χ3n) is 4.51. The van der Waals surface area contributed by atoms with E-state index in [1.807, 2.05) is 41.2 Å². The molecule has 0 radical (unpaired) electrons. The second-order valence-corrected chi connectivity index (χ2v) is 7.26. The van der Waals surface area contributed by atoms with Gasteiger partial charge in [0.2, 0.25) is 5.82 Å². The molecular formula is C19H19N7. The van der Waals surface area contributed by atoms with Crippen LogP contribution in [-0.2, 0) is 13.0 Å². The summed E-state index contributed by atoms with van der Waals surface area (Å²) >= 11 is 0. The molecule has 0 amide bonds. The van der Waals surface area contributed by atoms with E-state index in [1.165, 1.54) is 5.69 Å². The quantitative estimate of drug-likeness (QED) is 0.710. The highest BCUT2D eigenvalue weighted by atomic mass is 15.3. The predicted molar refractivity (Wildman–Crippen MR) is 96.6 cm³/mol. The highest BCUT2D eigenvalue weighted by Gasteiger charge is 2.31. The van der Waals surface area contributed by atoms with Crippen molar-refractivity contribution in [3.8, 4) is 11.9 Å². The van der Waals surface area contributed by atoms with E-state index >= 15 is 0 Å². The summed E-state index contributed by atoms with van der Waals surface area (Å²) in [5, 5.41) is 13.7. The average molecular weight is 345 g/mol. The number of hydrogen-bond donors (Lipinski definition) is 0. The number of aromatic nitrogens is 5. The van der Waals surface area contributed by atoms with Gasteiger partial charge in [0.1, 0.15) is 11.9 Å². The molecule has 0 saturated heterocycles. The van der Waals surface area contributed by atoms with E-state index in [0.29, 0.717) is 6.54 Å². The molecule has 3 aromatic rings. The van der Waals surface area contributed by atoms with E-state index < -0.39 is 0 Å². The van der Waals surface area contributed by atoms with Gasteiger partial charge in [-0.2, -0.15) is 10.4 Å². The highest BCUT2D eigenvalue weighted by molar-refractivity contribution is 5.43. The van der Waals surface area contributed by atoms with Crippen LogP contribution in [0.4, 0.5) is 5.82 Å². The Balaban J connectivity index is 1.76. The molecule has 0 saturated carbocycles. The first-order valence-electron chi connectivity index (χ1n) is 8.51. The highest BCUT2D eigenvalue weighted by Crippen LogP contribution is 2.32. The summed E-state index contributed by atoms with van der Waals surface area (Å²) in [6.07, 6.45) is 6.20. The number of nitriles is 1.